The Bertz CT molecular complexity index is 1370. The number of benzene rings is 2. The Hall–Kier alpha value is -2.67. The Labute approximate surface area is 192 Å². The predicted octanol–water partition coefficient (Wildman–Crippen LogP) is 4.11. The van der Waals surface area contributed by atoms with Crippen molar-refractivity contribution in [3.63, 3.8) is 0 Å². The number of carbonyl (C=O) groups is 1. The number of hydrogen-bond donors (Lipinski definition) is 0. The summed E-state index contributed by atoms with van der Waals surface area (Å²) >= 11 is 13.6. The lowest BCUT2D eigenvalue weighted by Gasteiger charge is -2.24. The molecule has 1 atom stereocenters. The number of allylic oxidation sites excluding steroid dienone is 1. The SMILES string of the molecule is CCOC(=O)C1=C(C)N=c2s/c(=C\c3ccccc3Cl)c(=O)n2[C@@H]1c1ccc(Cl)cc1. The maximum Gasteiger partial charge on any atom is 0.338 e. The van der Waals surface area contributed by atoms with Crippen LogP contribution in [-0.4, -0.2) is 17.1 Å². The molecule has 1 aromatic heterocycles. The molecule has 0 radical (unpaired) electrons. The molecule has 0 fully saturated rings. The molecule has 31 heavy (non-hydrogen) atoms. The first-order valence-electron chi connectivity index (χ1n) is 9.60. The molecule has 8 heteroatoms. The summed E-state index contributed by atoms with van der Waals surface area (Å²) in [6.07, 6.45) is 1.74. The minimum absolute atomic E-state index is 0.222. The number of esters is 1. The molecule has 3 aromatic rings. The van der Waals surface area contributed by atoms with Gasteiger partial charge in [0, 0.05) is 10.0 Å². The van der Waals surface area contributed by atoms with Crippen molar-refractivity contribution >= 4 is 46.6 Å². The quantitative estimate of drug-likeness (QED) is 0.536. The van der Waals surface area contributed by atoms with Crippen LogP contribution in [0.2, 0.25) is 10.0 Å². The van der Waals surface area contributed by atoms with E-state index in [-0.39, 0.29) is 12.2 Å². The van der Waals surface area contributed by atoms with E-state index in [1.54, 1.807) is 50.3 Å². The molecule has 0 amide bonds. The van der Waals surface area contributed by atoms with Crippen LogP contribution in [0.25, 0.3) is 6.08 Å². The summed E-state index contributed by atoms with van der Waals surface area (Å²) in [4.78, 5) is 31.3. The third kappa shape index (κ3) is 4.11. The van der Waals surface area contributed by atoms with Gasteiger partial charge in [0.2, 0.25) is 0 Å². The van der Waals surface area contributed by atoms with Gasteiger partial charge in [0.25, 0.3) is 5.56 Å². The summed E-state index contributed by atoms with van der Waals surface area (Å²) in [5.74, 6) is -0.496. The highest BCUT2D eigenvalue weighted by Gasteiger charge is 2.33. The van der Waals surface area contributed by atoms with Gasteiger partial charge in [-0.1, -0.05) is 64.9 Å². The summed E-state index contributed by atoms with van der Waals surface area (Å²) in [7, 11) is 0. The number of ether oxygens (including phenoxy) is 1. The number of fused-ring (bicyclic) bond motifs is 1. The van der Waals surface area contributed by atoms with Crippen LogP contribution >= 0.6 is 34.5 Å². The lowest BCUT2D eigenvalue weighted by molar-refractivity contribution is -0.139. The van der Waals surface area contributed by atoms with Gasteiger partial charge in [0.1, 0.15) is 0 Å². The first-order valence-corrected chi connectivity index (χ1v) is 11.2. The lowest BCUT2D eigenvalue weighted by atomic mass is 9.96. The average Bonchev–Trinajstić information content (AvgIpc) is 3.04. The van der Waals surface area contributed by atoms with Crippen LogP contribution in [0.3, 0.4) is 0 Å². The van der Waals surface area contributed by atoms with E-state index in [0.717, 1.165) is 11.1 Å². The molecule has 158 valence electrons. The minimum atomic E-state index is -0.666. The van der Waals surface area contributed by atoms with Gasteiger partial charge < -0.3 is 4.74 Å². The van der Waals surface area contributed by atoms with Crippen molar-refractivity contribution in [2.45, 2.75) is 19.9 Å². The molecule has 1 aliphatic rings. The zero-order chi connectivity index (χ0) is 22.1. The summed E-state index contributed by atoms with van der Waals surface area (Å²) < 4.78 is 7.29. The second kappa shape index (κ2) is 8.83. The summed E-state index contributed by atoms with van der Waals surface area (Å²) in [5.41, 5.74) is 2.08. The second-order valence-electron chi connectivity index (χ2n) is 6.88. The fourth-order valence-corrected chi connectivity index (χ4v) is 4.84. The molecule has 2 aromatic carbocycles. The zero-order valence-corrected chi connectivity index (χ0v) is 19.1. The van der Waals surface area contributed by atoms with Gasteiger partial charge in [-0.2, -0.15) is 0 Å². The number of thiazole rings is 1. The molecule has 0 unspecified atom stereocenters. The monoisotopic (exact) mass is 472 g/mol. The van der Waals surface area contributed by atoms with E-state index in [1.807, 2.05) is 18.2 Å². The maximum atomic E-state index is 13.5. The Morgan fingerprint density at radius 2 is 1.90 bits per heavy atom. The van der Waals surface area contributed by atoms with E-state index in [9.17, 15) is 9.59 Å². The highest BCUT2D eigenvalue weighted by Crippen LogP contribution is 2.31. The van der Waals surface area contributed by atoms with E-state index in [4.69, 9.17) is 27.9 Å². The van der Waals surface area contributed by atoms with Gasteiger partial charge in [-0.3, -0.25) is 9.36 Å². The van der Waals surface area contributed by atoms with Gasteiger partial charge in [-0.25, -0.2) is 9.79 Å². The fourth-order valence-electron chi connectivity index (χ4n) is 3.49. The highest BCUT2D eigenvalue weighted by atomic mass is 35.5. The van der Waals surface area contributed by atoms with Gasteiger partial charge in [0.15, 0.2) is 4.80 Å². The van der Waals surface area contributed by atoms with Gasteiger partial charge in [0.05, 0.1) is 28.5 Å². The Balaban J connectivity index is 1.97. The number of halogens is 2. The van der Waals surface area contributed by atoms with E-state index >= 15 is 0 Å². The van der Waals surface area contributed by atoms with Crippen molar-refractivity contribution in [1.82, 2.24) is 4.57 Å². The molecule has 0 saturated carbocycles. The predicted molar refractivity (Wildman–Crippen MR) is 123 cm³/mol. The lowest BCUT2D eigenvalue weighted by Crippen LogP contribution is -2.39. The third-order valence-electron chi connectivity index (χ3n) is 4.89. The number of nitrogens with zero attached hydrogens (tertiary/aromatic N) is 2. The normalized spacial score (nSPS) is 16.1. The van der Waals surface area contributed by atoms with Crippen LogP contribution in [0, 0.1) is 0 Å². The first-order chi connectivity index (χ1) is 14.9. The zero-order valence-electron chi connectivity index (χ0n) is 16.8. The summed E-state index contributed by atoms with van der Waals surface area (Å²) in [6.45, 7) is 3.71. The minimum Gasteiger partial charge on any atom is -0.463 e. The fraction of sp³-hybridized carbons (Fsp3) is 0.174. The molecule has 5 nitrogen and oxygen atoms in total. The van der Waals surface area contributed by atoms with Crippen LogP contribution in [0.15, 0.2) is 69.6 Å². The van der Waals surface area contributed by atoms with Crippen molar-refractivity contribution < 1.29 is 9.53 Å². The van der Waals surface area contributed by atoms with Crippen molar-refractivity contribution in [3.8, 4) is 0 Å². The van der Waals surface area contributed by atoms with Gasteiger partial charge in [-0.15, -0.1) is 0 Å². The molecule has 0 spiro atoms. The standard InChI is InChI=1S/C23H18Cl2N2O3S/c1-3-30-22(29)19-13(2)26-23-27(20(19)14-8-10-16(24)11-9-14)21(28)18(31-23)12-15-6-4-5-7-17(15)25/h4-12,20H,3H2,1-2H3/b18-12-/t20-/m1/s1. The maximum absolute atomic E-state index is 13.5. The number of aromatic nitrogens is 1. The van der Waals surface area contributed by atoms with Crippen LogP contribution in [0.5, 0.6) is 0 Å². The second-order valence-corrected chi connectivity index (χ2v) is 8.73. The number of carbonyl (C=O) groups excluding carboxylic acids is 1. The molecule has 2 heterocycles. The molecule has 0 bridgehead atoms. The van der Waals surface area contributed by atoms with E-state index in [0.29, 0.717) is 30.6 Å². The smallest absolute Gasteiger partial charge is 0.338 e. The van der Waals surface area contributed by atoms with Crippen molar-refractivity contribution in [2.75, 3.05) is 6.61 Å². The summed E-state index contributed by atoms with van der Waals surface area (Å²) in [6, 6.07) is 13.7. The number of rotatable bonds is 4. The van der Waals surface area contributed by atoms with Crippen LogP contribution < -0.4 is 14.9 Å². The van der Waals surface area contributed by atoms with Crippen molar-refractivity contribution in [1.29, 1.82) is 0 Å². The van der Waals surface area contributed by atoms with Crippen LogP contribution in [0.1, 0.15) is 31.0 Å². The summed E-state index contributed by atoms with van der Waals surface area (Å²) in [5, 5.41) is 1.11. The Morgan fingerprint density at radius 3 is 2.58 bits per heavy atom. The largest absolute Gasteiger partial charge is 0.463 e. The molecular weight excluding hydrogens is 455 g/mol. The number of hydrogen-bond acceptors (Lipinski definition) is 5. The van der Waals surface area contributed by atoms with Gasteiger partial charge >= 0.3 is 5.97 Å². The van der Waals surface area contributed by atoms with Crippen LogP contribution in [0.4, 0.5) is 0 Å². The molecule has 0 saturated heterocycles. The molecule has 0 aliphatic carbocycles. The van der Waals surface area contributed by atoms with E-state index < -0.39 is 12.0 Å². The van der Waals surface area contributed by atoms with E-state index in [1.165, 1.54) is 15.9 Å². The molecular formula is C23H18Cl2N2O3S. The topological polar surface area (TPSA) is 60.7 Å². The van der Waals surface area contributed by atoms with Crippen LogP contribution in [-0.2, 0) is 9.53 Å². The molecule has 1 aliphatic heterocycles. The molecule has 4 rings (SSSR count). The van der Waals surface area contributed by atoms with Crippen molar-refractivity contribution in [2.24, 2.45) is 4.99 Å². The van der Waals surface area contributed by atoms with Crippen molar-refractivity contribution in [3.05, 3.63) is 101 Å². The Morgan fingerprint density at radius 1 is 1.19 bits per heavy atom. The molecule has 0 N–H and O–H groups in total. The highest BCUT2D eigenvalue weighted by molar-refractivity contribution is 7.07. The first kappa shape index (κ1) is 21.6. The third-order valence-corrected chi connectivity index (χ3v) is 6.47. The Kier molecular flexibility index (Phi) is 6.14. The average molecular weight is 473 g/mol. The van der Waals surface area contributed by atoms with E-state index in [2.05, 4.69) is 4.99 Å². The van der Waals surface area contributed by atoms with Gasteiger partial charge in [-0.05, 0) is 49.2 Å².